The van der Waals surface area contributed by atoms with Crippen molar-refractivity contribution in [2.45, 2.75) is 25.2 Å². The van der Waals surface area contributed by atoms with Crippen LogP contribution < -0.4 is 10.5 Å². The summed E-state index contributed by atoms with van der Waals surface area (Å²) in [5.74, 6) is 0.348. The second-order valence-electron chi connectivity index (χ2n) is 8.04. The molecule has 2 aliphatic rings. The number of carbonyl (C=O) groups excluding carboxylic acids is 2. The number of rotatable bonds is 4. The fourth-order valence-electron chi connectivity index (χ4n) is 4.46. The number of nitrogens with zero attached hydrogens (tertiary/aromatic N) is 3. The number of amides is 2. The third kappa shape index (κ3) is 3.65. The van der Waals surface area contributed by atoms with Crippen molar-refractivity contribution < 1.29 is 14.3 Å². The number of aromatic amines is 1. The number of ether oxygens (including phenoxy) is 1. The highest BCUT2D eigenvalue weighted by atomic mass is 16.5. The number of primary amides is 1. The van der Waals surface area contributed by atoms with Gasteiger partial charge in [0.05, 0.1) is 29.6 Å². The Labute approximate surface area is 179 Å². The summed E-state index contributed by atoms with van der Waals surface area (Å²) in [5, 5.41) is 6.86. The van der Waals surface area contributed by atoms with Crippen LogP contribution in [0.25, 0.3) is 11.1 Å². The number of pyridine rings is 1. The highest BCUT2D eigenvalue weighted by Crippen LogP contribution is 2.31. The lowest BCUT2D eigenvalue weighted by Crippen LogP contribution is -2.39. The van der Waals surface area contributed by atoms with E-state index in [4.69, 9.17) is 10.5 Å². The van der Waals surface area contributed by atoms with Crippen LogP contribution in [0.15, 0.2) is 42.9 Å². The van der Waals surface area contributed by atoms with E-state index in [9.17, 15) is 9.59 Å². The van der Waals surface area contributed by atoms with Crippen LogP contribution in [0.4, 0.5) is 0 Å². The molecular formula is C23H23N5O3. The van der Waals surface area contributed by atoms with Gasteiger partial charge in [-0.2, -0.15) is 5.10 Å². The topological polar surface area (TPSA) is 114 Å². The van der Waals surface area contributed by atoms with E-state index in [1.165, 1.54) is 11.8 Å². The monoisotopic (exact) mass is 417 g/mol. The predicted octanol–water partition coefficient (Wildman–Crippen LogP) is 2.53. The molecule has 1 fully saturated rings. The molecule has 2 aromatic heterocycles. The lowest BCUT2D eigenvalue weighted by Gasteiger charge is -2.32. The number of nitrogens with two attached hydrogens (primary N) is 1. The minimum Gasteiger partial charge on any atom is -0.493 e. The summed E-state index contributed by atoms with van der Waals surface area (Å²) in [6, 6.07) is 7.97. The maximum atomic E-state index is 13.3. The van der Waals surface area contributed by atoms with Crippen LogP contribution in [0.1, 0.15) is 50.7 Å². The average molecular weight is 417 g/mol. The number of H-pyrrole nitrogens is 1. The molecule has 0 aliphatic carbocycles. The molecule has 8 heteroatoms. The summed E-state index contributed by atoms with van der Waals surface area (Å²) >= 11 is 0. The van der Waals surface area contributed by atoms with E-state index in [1.807, 2.05) is 23.1 Å². The molecule has 0 saturated carbocycles. The summed E-state index contributed by atoms with van der Waals surface area (Å²) in [6.45, 7) is 1.87. The molecule has 3 aromatic rings. The van der Waals surface area contributed by atoms with E-state index < -0.39 is 5.91 Å². The molecule has 31 heavy (non-hydrogen) atoms. The zero-order valence-electron chi connectivity index (χ0n) is 17.0. The van der Waals surface area contributed by atoms with Gasteiger partial charge in [-0.15, -0.1) is 0 Å². The lowest BCUT2D eigenvalue weighted by molar-refractivity contribution is 0.0705. The lowest BCUT2D eigenvalue weighted by atomic mass is 9.92. The molecule has 0 bridgehead atoms. The Bertz CT molecular complexity index is 1160. The first-order valence-corrected chi connectivity index (χ1v) is 10.4. The van der Waals surface area contributed by atoms with Crippen molar-refractivity contribution in [3.63, 3.8) is 0 Å². The van der Waals surface area contributed by atoms with Crippen molar-refractivity contribution >= 4 is 11.8 Å². The van der Waals surface area contributed by atoms with Gasteiger partial charge in [-0.3, -0.25) is 19.7 Å². The molecule has 8 nitrogen and oxygen atoms in total. The van der Waals surface area contributed by atoms with Crippen molar-refractivity contribution in [2.75, 3.05) is 19.7 Å². The van der Waals surface area contributed by atoms with Gasteiger partial charge in [-0.1, -0.05) is 6.07 Å². The highest BCUT2D eigenvalue weighted by Gasteiger charge is 2.29. The van der Waals surface area contributed by atoms with Gasteiger partial charge in [0.2, 0.25) is 0 Å². The van der Waals surface area contributed by atoms with E-state index >= 15 is 0 Å². The van der Waals surface area contributed by atoms with Crippen LogP contribution in [0.5, 0.6) is 5.75 Å². The molecule has 0 radical (unpaired) electrons. The summed E-state index contributed by atoms with van der Waals surface area (Å²) in [7, 11) is 0. The SMILES string of the molecule is NC(=O)c1cn[nH]c1[C@H]1CCCN(C(=O)c2cncc(-c3ccc4c(c3)CCO4)c2)C1. The number of likely N-dealkylation sites (tertiary alicyclic amines) is 1. The molecule has 158 valence electrons. The van der Waals surface area contributed by atoms with Gasteiger partial charge in [0.15, 0.2) is 0 Å². The molecule has 3 N–H and O–H groups in total. The van der Waals surface area contributed by atoms with Crippen molar-refractivity contribution in [1.29, 1.82) is 0 Å². The van der Waals surface area contributed by atoms with Crippen molar-refractivity contribution in [3.05, 3.63) is 65.2 Å². The van der Waals surface area contributed by atoms with Gasteiger partial charge in [0.25, 0.3) is 11.8 Å². The van der Waals surface area contributed by atoms with E-state index in [1.54, 1.807) is 12.4 Å². The second kappa shape index (κ2) is 7.86. The highest BCUT2D eigenvalue weighted by molar-refractivity contribution is 5.95. The Morgan fingerprint density at radius 3 is 2.94 bits per heavy atom. The third-order valence-electron chi connectivity index (χ3n) is 6.06. The van der Waals surface area contributed by atoms with Crippen molar-refractivity contribution in [1.82, 2.24) is 20.1 Å². The van der Waals surface area contributed by atoms with Crippen LogP contribution in [0, 0.1) is 0 Å². The Morgan fingerprint density at radius 2 is 2.06 bits per heavy atom. The first-order valence-electron chi connectivity index (χ1n) is 10.4. The van der Waals surface area contributed by atoms with E-state index in [-0.39, 0.29) is 11.8 Å². The fraction of sp³-hybridized carbons (Fsp3) is 0.304. The minimum absolute atomic E-state index is 0.00412. The first kappa shape index (κ1) is 19.3. The number of fused-ring (bicyclic) bond motifs is 1. The van der Waals surface area contributed by atoms with Crippen LogP contribution in [0.3, 0.4) is 0 Å². The summed E-state index contributed by atoms with van der Waals surface area (Å²) in [5.41, 5.74) is 10.2. The number of piperidine rings is 1. The van der Waals surface area contributed by atoms with Crippen LogP contribution in [0.2, 0.25) is 0 Å². The molecule has 2 aliphatic heterocycles. The Hall–Kier alpha value is -3.68. The van der Waals surface area contributed by atoms with E-state index in [0.29, 0.717) is 36.5 Å². The van der Waals surface area contributed by atoms with E-state index in [2.05, 4.69) is 21.2 Å². The molecule has 1 atom stereocenters. The molecule has 0 spiro atoms. The maximum Gasteiger partial charge on any atom is 0.255 e. The predicted molar refractivity (Wildman–Crippen MR) is 114 cm³/mol. The molecule has 4 heterocycles. The summed E-state index contributed by atoms with van der Waals surface area (Å²) in [4.78, 5) is 31.1. The smallest absolute Gasteiger partial charge is 0.255 e. The molecule has 1 aromatic carbocycles. The number of carbonyl (C=O) groups is 2. The van der Waals surface area contributed by atoms with Gasteiger partial charge >= 0.3 is 0 Å². The summed E-state index contributed by atoms with van der Waals surface area (Å²) < 4.78 is 5.58. The first-order chi connectivity index (χ1) is 15.1. The molecule has 0 unspecified atom stereocenters. The molecular weight excluding hydrogens is 394 g/mol. The van der Waals surface area contributed by atoms with E-state index in [0.717, 1.165) is 36.1 Å². The van der Waals surface area contributed by atoms with Crippen LogP contribution >= 0.6 is 0 Å². The zero-order chi connectivity index (χ0) is 21.4. The van der Waals surface area contributed by atoms with Crippen molar-refractivity contribution in [2.24, 2.45) is 5.73 Å². The molecule has 2 amide bonds. The normalized spacial score (nSPS) is 17.8. The average Bonchev–Trinajstić information content (AvgIpc) is 3.48. The maximum absolute atomic E-state index is 13.3. The van der Waals surface area contributed by atoms with Crippen LogP contribution in [-0.4, -0.2) is 51.6 Å². The van der Waals surface area contributed by atoms with Gasteiger partial charge in [0.1, 0.15) is 5.75 Å². The molecule has 1 saturated heterocycles. The van der Waals surface area contributed by atoms with Gasteiger partial charge in [-0.25, -0.2) is 0 Å². The number of hydrogen-bond acceptors (Lipinski definition) is 5. The number of aromatic nitrogens is 3. The van der Waals surface area contributed by atoms with Gasteiger partial charge in [0, 0.05) is 43.4 Å². The number of benzene rings is 1. The largest absolute Gasteiger partial charge is 0.493 e. The molecule has 5 rings (SSSR count). The standard InChI is InChI=1S/C23H23N5O3/c24-22(29)19-12-26-27-21(19)16-2-1-6-28(13-16)23(30)18-9-17(10-25-11-18)14-3-4-20-15(8-14)5-7-31-20/h3-4,8-12,16H,1-2,5-7,13H2,(H2,24,29)(H,26,27)/t16-/m0/s1. The zero-order valence-corrected chi connectivity index (χ0v) is 17.0. The summed E-state index contributed by atoms with van der Waals surface area (Å²) in [6.07, 6.45) is 7.43. The number of hydrogen-bond donors (Lipinski definition) is 2. The van der Waals surface area contributed by atoms with Crippen molar-refractivity contribution in [3.8, 4) is 16.9 Å². The number of nitrogens with one attached hydrogen (secondary N) is 1. The Kier molecular flexibility index (Phi) is 4.89. The second-order valence-corrected chi connectivity index (χ2v) is 8.04. The van der Waals surface area contributed by atoms with Gasteiger partial charge < -0.3 is 15.4 Å². The quantitative estimate of drug-likeness (QED) is 0.677. The third-order valence-corrected chi connectivity index (χ3v) is 6.06. The fourth-order valence-corrected chi connectivity index (χ4v) is 4.46. The Balaban J connectivity index is 1.37. The minimum atomic E-state index is -0.510. The van der Waals surface area contributed by atoms with Gasteiger partial charge in [-0.05, 0) is 42.2 Å². The van der Waals surface area contributed by atoms with Crippen LogP contribution in [-0.2, 0) is 6.42 Å². The Morgan fingerprint density at radius 1 is 1.16 bits per heavy atom.